The van der Waals surface area contributed by atoms with Crippen molar-refractivity contribution < 1.29 is 23.9 Å². The highest BCUT2D eigenvalue weighted by Gasteiger charge is 2.00. The largest absolute Gasteiger partial charge is 0.427 e. The van der Waals surface area contributed by atoms with Crippen LogP contribution < -0.4 is 9.47 Å². The van der Waals surface area contributed by atoms with Crippen LogP contribution >= 0.6 is 0 Å². The smallest absolute Gasteiger partial charge is 0.308 e. The molecule has 0 N–H and O–H groups in total. The standard InChI is InChI=1S/C21H18O5/c1-15(22)25-20-7-3-5-17(13-20)9-11-19(24)12-10-18-6-4-8-21(14-18)26-16(2)23/h3-14H,1-2H3/b11-9-,12-10-. The summed E-state index contributed by atoms with van der Waals surface area (Å²) in [6, 6.07) is 13.7. The molecular formula is C21H18O5. The fourth-order valence-corrected chi connectivity index (χ4v) is 2.11. The van der Waals surface area contributed by atoms with E-state index in [1.807, 2.05) is 0 Å². The van der Waals surface area contributed by atoms with Gasteiger partial charge in [0.1, 0.15) is 11.5 Å². The first-order chi connectivity index (χ1) is 12.4. The van der Waals surface area contributed by atoms with Gasteiger partial charge in [0.25, 0.3) is 0 Å². The highest BCUT2D eigenvalue weighted by atomic mass is 16.5. The third-order valence-corrected chi connectivity index (χ3v) is 3.12. The molecule has 26 heavy (non-hydrogen) atoms. The average Bonchev–Trinajstić information content (AvgIpc) is 2.58. The summed E-state index contributed by atoms with van der Waals surface area (Å²) in [5.74, 6) is -0.169. The summed E-state index contributed by atoms with van der Waals surface area (Å²) in [4.78, 5) is 33.9. The van der Waals surface area contributed by atoms with Crippen molar-refractivity contribution >= 4 is 29.9 Å². The zero-order chi connectivity index (χ0) is 18.9. The minimum Gasteiger partial charge on any atom is -0.427 e. The topological polar surface area (TPSA) is 69.7 Å². The van der Waals surface area contributed by atoms with Gasteiger partial charge in [-0.3, -0.25) is 14.4 Å². The first kappa shape index (κ1) is 18.9. The molecule has 0 saturated heterocycles. The van der Waals surface area contributed by atoms with Crippen LogP contribution in [0.3, 0.4) is 0 Å². The molecule has 0 radical (unpaired) electrons. The van der Waals surface area contributed by atoms with Crippen molar-refractivity contribution in [1.29, 1.82) is 0 Å². The van der Waals surface area contributed by atoms with E-state index in [0.29, 0.717) is 11.5 Å². The molecule has 2 rings (SSSR count). The Balaban J connectivity index is 2.02. The zero-order valence-electron chi connectivity index (χ0n) is 14.5. The molecule has 5 nitrogen and oxygen atoms in total. The van der Waals surface area contributed by atoms with Gasteiger partial charge in [0.15, 0.2) is 5.78 Å². The molecule has 2 aromatic carbocycles. The Labute approximate surface area is 151 Å². The molecule has 0 unspecified atom stereocenters. The lowest BCUT2D eigenvalue weighted by atomic mass is 10.1. The van der Waals surface area contributed by atoms with Crippen molar-refractivity contribution in [3.8, 4) is 11.5 Å². The summed E-state index contributed by atoms with van der Waals surface area (Å²) in [6.07, 6.45) is 6.10. The van der Waals surface area contributed by atoms with Crippen molar-refractivity contribution in [2.75, 3.05) is 0 Å². The van der Waals surface area contributed by atoms with Crippen LogP contribution in [0.5, 0.6) is 11.5 Å². The van der Waals surface area contributed by atoms with E-state index < -0.39 is 11.9 Å². The molecule has 0 spiro atoms. The van der Waals surface area contributed by atoms with Gasteiger partial charge in [0.05, 0.1) is 0 Å². The summed E-state index contributed by atoms with van der Waals surface area (Å²) >= 11 is 0. The third-order valence-electron chi connectivity index (χ3n) is 3.12. The van der Waals surface area contributed by atoms with Gasteiger partial charge in [0.2, 0.25) is 0 Å². The SMILES string of the molecule is CC(=O)Oc1cccc(/C=C\C(=O)/C=C\c2cccc(OC(C)=O)c2)c1. The number of esters is 2. The fourth-order valence-electron chi connectivity index (χ4n) is 2.11. The molecule has 0 fully saturated rings. The van der Waals surface area contributed by atoms with Gasteiger partial charge in [-0.05, 0) is 47.5 Å². The molecule has 0 aliphatic rings. The molecular weight excluding hydrogens is 332 g/mol. The molecule has 0 amide bonds. The summed E-state index contributed by atoms with van der Waals surface area (Å²) in [7, 11) is 0. The van der Waals surface area contributed by atoms with E-state index in [1.165, 1.54) is 26.0 Å². The maximum absolute atomic E-state index is 12.0. The van der Waals surface area contributed by atoms with Gasteiger partial charge in [0, 0.05) is 13.8 Å². The predicted octanol–water partition coefficient (Wildman–Crippen LogP) is 3.83. The lowest BCUT2D eigenvalue weighted by Crippen LogP contribution is -2.01. The average molecular weight is 350 g/mol. The minimum absolute atomic E-state index is 0.208. The highest BCUT2D eigenvalue weighted by Crippen LogP contribution is 2.16. The number of carbonyl (C=O) groups excluding carboxylic acids is 3. The van der Waals surface area contributed by atoms with Gasteiger partial charge >= 0.3 is 11.9 Å². The first-order valence-corrected chi connectivity index (χ1v) is 7.89. The number of hydrogen-bond donors (Lipinski definition) is 0. The van der Waals surface area contributed by atoms with E-state index in [0.717, 1.165) is 11.1 Å². The molecule has 132 valence electrons. The Bertz CT molecular complexity index is 806. The van der Waals surface area contributed by atoms with Gasteiger partial charge in [-0.25, -0.2) is 0 Å². The van der Waals surface area contributed by atoms with E-state index in [4.69, 9.17) is 9.47 Å². The van der Waals surface area contributed by atoms with E-state index in [1.54, 1.807) is 60.7 Å². The second-order valence-electron chi connectivity index (χ2n) is 5.40. The van der Waals surface area contributed by atoms with Gasteiger partial charge < -0.3 is 9.47 Å². The van der Waals surface area contributed by atoms with Crippen LogP contribution in [0, 0.1) is 0 Å². The second kappa shape index (κ2) is 9.13. The van der Waals surface area contributed by atoms with Gasteiger partial charge in [-0.2, -0.15) is 0 Å². The lowest BCUT2D eigenvalue weighted by molar-refractivity contribution is -0.132. The third kappa shape index (κ3) is 6.57. The van der Waals surface area contributed by atoms with Crippen LogP contribution in [0.4, 0.5) is 0 Å². The van der Waals surface area contributed by atoms with Crippen molar-refractivity contribution in [3.63, 3.8) is 0 Å². The molecule has 0 bridgehead atoms. The van der Waals surface area contributed by atoms with Crippen LogP contribution in [-0.4, -0.2) is 17.7 Å². The van der Waals surface area contributed by atoms with Crippen LogP contribution in [0.25, 0.3) is 12.2 Å². The normalized spacial score (nSPS) is 10.8. The van der Waals surface area contributed by atoms with Crippen molar-refractivity contribution in [2.24, 2.45) is 0 Å². The Hall–Kier alpha value is -3.47. The number of ether oxygens (including phenoxy) is 2. The van der Waals surface area contributed by atoms with E-state index in [-0.39, 0.29) is 5.78 Å². The number of carbonyl (C=O) groups is 3. The number of ketones is 1. The Morgan fingerprint density at radius 1 is 0.731 bits per heavy atom. The summed E-state index contributed by atoms with van der Waals surface area (Å²) in [5.41, 5.74) is 1.48. The number of allylic oxidation sites excluding steroid dienone is 2. The Morgan fingerprint density at radius 2 is 1.15 bits per heavy atom. The molecule has 5 heteroatoms. The molecule has 0 heterocycles. The fraction of sp³-hybridized carbons (Fsp3) is 0.0952. The zero-order valence-corrected chi connectivity index (χ0v) is 14.5. The van der Waals surface area contributed by atoms with Crippen molar-refractivity contribution in [1.82, 2.24) is 0 Å². The predicted molar refractivity (Wildman–Crippen MR) is 98.6 cm³/mol. The van der Waals surface area contributed by atoms with E-state index >= 15 is 0 Å². The maximum atomic E-state index is 12.0. The maximum Gasteiger partial charge on any atom is 0.308 e. The number of hydrogen-bond acceptors (Lipinski definition) is 5. The summed E-state index contributed by atoms with van der Waals surface area (Å²) in [5, 5.41) is 0. The second-order valence-corrected chi connectivity index (χ2v) is 5.40. The molecule has 0 atom stereocenters. The van der Waals surface area contributed by atoms with Crippen molar-refractivity contribution in [2.45, 2.75) is 13.8 Å². The summed E-state index contributed by atoms with van der Waals surface area (Å²) < 4.78 is 10.00. The van der Waals surface area contributed by atoms with Gasteiger partial charge in [-0.1, -0.05) is 36.4 Å². The van der Waals surface area contributed by atoms with Crippen LogP contribution in [0.1, 0.15) is 25.0 Å². The first-order valence-electron chi connectivity index (χ1n) is 7.89. The van der Waals surface area contributed by atoms with Gasteiger partial charge in [-0.15, -0.1) is 0 Å². The molecule has 2 aromatic rings. The number of benzene rings is 2. The quantitative estimate of drug-likeness (QED) is 0.450. The van der Waals surface area contributed by atoms with Crippen LogP contribution in [0.2, 0.25) is 0 Å². The summed E-state index contributed by atoms with van der Waals surface area (Å²) in [6.45, 7) is 2.65. The molecule has 0 aliphatic carbocycles. The van der Waals surface area contributed by atoms with E-state index in [2.05, 4.69) is 0 Å². The molecule has 0 aromatic heterocycles. The van der Waals surface area contributed by atoms with Crippen molar-refractivity contribution in [3.05, 3.63) is 71.8 Å². The van der Waals surface area contributed by atoms with Crippen LogP contribution in [0.15, 0.2) is 60.7 Å². The number of rotatable bonds is 6. The highest BCUT2D eigenvalue weighted by molar-refractivity contribution is 6.04. The minimum atomic E-state index is -0.402. The van der Waals surface area contributed by atoms with Crippen LogP contribution in [-0.2, 0) is 14.4 Å². The lowest BCUT2D eigenvalue weighted by Gasteiger charge is -2.01. The molecule has 0 saturated carbocycles. The molecule has 0 aliphatic heterocycles. The Morgan fingerprint density at radius 3 is 1.54 bits per heavy atom. The Kier molecular flexibility index (Phi) is 6.62. The van der Waals surface area contributed by atoms with E-state index in [9.17, 15) is 14.4 Å². The monoisotopic (exact) mass is 350 g/mol.